The first kappa shape index (κ1) is 15.4. The maximum Gasteiger partial charge on any atom is 0.352 e. The molecule has 0 aliphatic heterocycles. The lowest BCUT2D eigenvalue weighted by Crippen LogP contribution is -2.13. The molecule has 0 saturated carbocycles. The van der Waals surface area contributed by atoms with Crippen LogP contribution in [0.25, 0.3) is 10.9 Å². The molecule has 2 aromatic carbocycles. The van der Waals surface area contributed by atoms with Gasteiger partial charge in [-0.1, -0.05) is 35.9 Å². The number of halogens is 1. The van der Waals surface area contributed by atoms with Crippen LogP contribution in [0.3, 0.4) is 0 Å². The number of carboxylic acid groups (broad SMARTS) is 1. The van der Waals surface area contributed by atoms with Crippen LogP contribution in [0.1, 0.15) is 16.1 Å². The van der Waals surface area contributed by atoms with Gasteiger partial charge in [-0.25, -0.2) is 4.79 Å². The topological polar surface area (TPSA) is 51.5 Å². The summed E-state index contributed by atoms with van der Waals surface area (Å²) in [6, 6.07) is 14.8. The van der Waals surface area contributed by atoms with Crippen molar-refractivity contribution in [2.45, 2.75) is 13.5 Å². The molecular formula is C18H16ClNO3. The number of carboxylic acids is 1. The molecular weight excluding hydrogens is 314 g/mol. The van der Waals surface area contributed by atoms with Crippen molar-refractivity contribution in [1.82, 2.24) is 4.57 Å². The summed E-state index contributed by atoms with van der Waals surface area (Å²) in [5.74, 6) is -0.350. The highest BCUT2D eigenvalue weighted by Gasteiger charge is 2.15. The lowest BCUT2D eigenvalue weighted by atomic mass is 10.1. The second-order valence-corrected chi connectivity index (χ2v) is 5.68. The minimum atomic E-state index is -0.946. The van der Waals surface area contributed by atoms with Crippen molar-refractivity contribution in [3.05, 3.63) is 64.8 Å². The van der Waals surface area contributed by atoms with Crippen molar-refractivity contribution in [1.29, 1.82) is 0 Å². The zero-order chi connectivity index (χ0) is 16.4. The summed E-state index contributed by atoms with van der Waals surface area (Å²) < 4.78 is 7.44. The number of fused-ring (bicyclic) bond motifs is 1. The quantitative estimate of drug-likeness (QED) is 0.755. The van der Waals surface area contributed by atoms with Gasteiger partial charge in [0.1, 0.15) is 18.1 Å². The van der Waals surface area contributed by atoms with E-state index in [1.54, 1.807) is 22.8 Å². The summed E-state index contributed by atoms with van der Waals surface area (Å²) in [4.78, 5) is 11.5. The first-order valence-electron chi connectivity index (χ1n) is 7.27. The van der Waals surface area contributed by atoms with Gasteiger partial charge in [0, 0.05) is 10.9 Å². The average molecular weight is 330 g/mol. The lowest BCUT2D eigenvalue weighted by Gasteiger charge is -2.11. The number of ether oxygens (including phenoxy) is 1. The van der Waals surface area contributed by atoms with Crippen LogP contribution >= 0.6 is 11.6 Å². The van der Waals surface area contributed by atoms with Crippen LogP contribution in [0.2, 0.25) is 5.02 Å². The highest BCUT2D eigenvalue weighted by atomic mass is 35.5. The van der Waals surface area contributed by atoms with E-state index in [9.17, 15) is 9.90 Å². The number of aryl methyl sites for hydroxylation is 1. The number of aromatic nitrogens is 1. The molecule has 5 heteroatoms. The molecule has 0 aliphatic rings. The number of hydrogen-bond acceptors (Lipinski definition) is 2. The largest absolute Gasteiger partial charge is 0.490 e. The number of nitrogens with zero attached hydrogens (tertiary/aromatic N) is 1. The molecule has 0 radical (unpaired) electrons. The fraction of sp³-hybridized carbons (Fsp3) is 0.167. The van der Waals surface area contributed by atoms with E-state index in [1.807, 2.05) is 37.3 Å². The van der Waals surface area contributed by atoms with E-state index in [4.69, 9.17) is 16.3 Å². The summed E-state index contributed by atoms with van der Waals surface area (Å²) in [6.45, 7) is 2.74. The van der Waals surface area contributed by atoms with Gasteiger partial charge in [0.15, 0.2) is 0 Å². The zero-order valence-corrected chi connectivity index (χ0v) is 13.4. The predicted molar refractivity (Wildman–Crippen MR) is 90.6 cm³/mol. The maximum atomic E-state index is 11.5. The molecule has 4 nitrogen and oxygen atoms in total. The molecule has 0 bridgehead atoms. The molecule has 0 atom stereocenters. The number of hydrogen-bond donors (Lipinski definition) is 1. The van der Waals surface area contributed by atoms with E-state index in [2.05, 4.69) is 0 Å². The Morgan fingerprint density at radius 3 is 2.74 bits per heavy atom. The van der Waals surface area contributed by atoms with Crippen LogP contribution in [0.15, 0.2) is 48.5 Å². The number of carbonyl (C=O) groups is 1. The molecule has 3 rings (SSSR count). The monoisotopic (exact) mass is 329 g/mol. The third kappa shape index (κ3) is 3.03. The fourth-order valence-corrected chi connectivity index (χ4v) is 2.85. The standard InChI is InChI=1S/C18H16ClNO3/c1-12-5-4-7-15-13(12)11-16(18(21)22)20(15)9-10-23-17-8-3-2-6-14(17)19/h2-8,11H,9-10H2,1H3,(H,21,22). The van der Waals surface area contributed by atoms with Crippen LogP contribution in [0.5, 0.6) is 5.75 Å². The Labute approximate surface area is 138 Å². The summed E-state index contributed by atoms with van der Waals surface area (Å²) >= 11 is 6.06. The van der Waals surface area contributed by atoms with Crippen molar-refractivity contribution < 1.29 is 14.6 Å². The predicted octanol–water partition coefficient (Wildman–Crippen LogP) is 4.38. The van der Waals surface area contributed by atoms with E-state index in [1.165, 1.54) is 0 Å². The summed E-state index contributed by atoms with van der Waals surface area (Å²) in [5.41, 5.74) is 2.21. The molecule has 0 aliphatic carbocycles. The average Bonchev–Trinajstić information content (AvgIpc) is 2.90. The molecule has 1 heterocycles. The maximum absolute atomic E-state index is 11.5. The molecule has 0 unspecified atom stereocenters. The molecule has 1 aromatic heterocycles. The summed E-state index contributed by atoms with van der Waals surface area (Å²) in [7, 11) is 0. The van der Waals surface area contributed by atoms with Crippen LogP contribution < -0.4 is 4.74 Å². The third-order valence-corrected chi connectivity index (χ3v) is 4.10. The Balaban J connectivity index is 1.87. The molecule has 3 aromatic rings. The van der Waals surface area contributed by atoms with Crippen LogP contribution in [0.4, 0.5) is 0 Å². The lowest BCUT2D eigenvalue weighted by molar-refractivity contribution is 0.0684. The number of rotatable bonds is 5. The minimum Gasteiger partial charge on any atom is -0.490 e. The second-order valence-electron chi connectivity index (χ2n) is 5.27. The van der Waals surface area contributed by atoms with E-state index in [0.717, 1.165) is 16.5 Å². The number of para-hydroxylation sites is 1. The van der Waals surface area contributed by atoms with Gasteiger partial charge in [-0.15, -0.1) is 0 Å². The van der Waals surface area contributed by atoms with Crippen LogP contribution in [-0.4, -0.2) is 22.2 Å². The van der Waals surface area contributed by atoms with Gasteiger partial charge >= 0.3 is 5.97 Å². The van der Waals surface area contributed by atoms with Crippen LogP contribution in [-0.2, 0) is 6.54 Å². The Hall–Kier alpha value is -2.46. The highest BCUT2D eigenvalue weighted by Crippen LogP contribution is 2.25. The normalized spacial score (nSPS) is 10.9. The molecule has 0 spiro atoms. The molecule has 0 fully saturated rings. The van der Waals surface area contributed by atoms with E-state index in [-0.39, 0.29) is 5.69 Å². The third-order valence-electron chi connectivity index (χ3n) is 3.79. The van der Waals surface area contributed by atoms with Gasteiger partial charge in [-0.2, -0.15) is 0 Å². The van der Waals surface area contributed by atoms with Crippen molar-refractivity contribution in [2.24, 2.45) is 0 Å². The van der Waals surface area contributed by atoms with E-state index in [0.29, 0.717) is 23.9 Å². The first-order valence-corrected chi connectivity index (χ1v) is 7.65. The van der Waals surface area contributed by atoms with E-state index >= 15 is 0 Å². The molecule has 0 amide bonds. The Morgan fingerprint density at radius 1 is 1.22 bits per heavy atom. The van der Waals surface area contributed by atoms with Crippen molar-refractivity contribution in [2.75, 3.05) is 6.61 Å². The smallest absolute Gasteiger partial charge is 0.352 e. The fourth-order valence-electron chi connectivity index (χ4n) is 2.66. The van der Waals surface area contributed by atoms with Crippen molar-refractivity contribution >= 4 is 28.5 Å². The van der Waals surface area contributed by atoms with Gasteiger partial charge in [0.2, 0.25) is 0 Å². The minimum absolute atomic E-state index is 0.261. The van der Waals surface area contributed by atoms with Crippen molar-refractivity contribution in [3.8, 4) is 5.75 Å². The van der Waals surface area contributed by atoms with Gasteiger partial charge in [-0.3, -0.25) is 0 Å². The van der Waals surface area contributed by atoms with Gasteiger partial charge < -0.3 is 14.4 Å². The number of aromatic carboxylic acids is 1. The molecule has 0 saturated heterocycles. The number of benzene rings is 2. The first-order chi connectivity index (χ1) is 11.1. The summed E-state index contributed by atoms with van der Waals surface area (Å²) in [5, 5.41) is 10.9. The highest BCUT2D eigenvalue weighted by molar-refractivity contribution is 6.32. The van der Waals surface area contributed by atoms with Gasteiger partial charge in [0.25, 0.3) is 0 Å². The molecule has 1 N–H and O–H groups in total. The van der Waals surface area contributed by atoms with Crippen molar-refractivity contribution in [3.63, 3.8) is 0 Å². The SMILES string of the molecule is Cc1cccc2c1cc(C(=O)O)n2CCOc1ccccc1Cl. The van der Waals surface area contributed by atoms with E-state index < -0.39 is 5.97 Å². The Morgan fingerprint density at radius 2 is 2.00 bits per heavy atom. The zero-order valence-electron chi connectivity index (χ0n) is 12.6. The summed E-state index contributed by atoms with van der Waals surface area (Å²) in [6.07, 6.45) is 0. The molecule has 23 heavy (non-hydrogen) atoms. The van der Waals surface area contributed by atoms with Gasteiger partial charge in [0.05, 0.1) is 11.6 Å². The molecule has 118 valence electrons. The Kier molecular flexibility index (Phi) is 4.26. The van der Waals surface area contributed by atoms with Crippen LogP contribution in [0, 0.1) is 6.92 Å². The second kappa shape index (κ2) is 6.34. The van der Waals surface area contributed by atoms with Gasteiger partial charge in [-0.05, 0) is 36.8 Å². The Bertz CT molecular complexity index is 870.